The fourth-order valence-corrected chi connectivity index (χ4v) is 0.868. The zero-order valence-corrected chi connectivity index (χ0v) is 9.66. The Kier molecular flexibility index (Phi) is 9.78. The Hall–Kier alpha value is -1.48. The summed E-state index contributed by atoms with van der Waals surface area (Å²) in [5, 5.41) is 13.0. The molecule has 0 aliphatic carbocycles. The van der Waals surface area contributed by atoms with E-state index in [2.05, 4.69) is 20.1 Å². The Bertz CT molecular complexity index is 253. The molecule has 0 aliphatic rings. The van der Waals surface area contributed by atoms with E-state index in [-0.39, 0.29) is 26.3 Å². The van der Waals surface area contributed by atoms with Gasteiger partial charge < -0.3 is 25.2 Å². The third-order valence-electron chi connectivity index (χ3n) is 1.53. The maximum atomic E-state index is 11.6. The first-order valence-electron chi connectivity index (χ1n) is 5.19. The molecule has 0 aromatic heterocycles. The highest BCUT2D eigenvalue weighted by Gasteiger charge is 2.02. The predicted octanol–water partition coefficient (Wildman–Crippen LogP) is -0.331. The molecule has 0 spiro atoms. The second kappa shape index (κ2) is 10.7. The maximum absolute atomic E-state index is 11.6. The van der Waals surface area contributed by atoms with Crippen molar-refractivity contribution in [2.45, 2.75) is 6.43 Å². The molecule has 0 aromatic rings. The summed E-state index contributed by atoms with van der Waals surface area (Å²) in [5.74, 6) is -1.09. The van der Waals surface area contributed by atoms with Crippen LogP contribution < -0.4 is 10.6 Å². The van der Waals surface area contributed by atoms with Crippen LogP contribution in [0.1, 0.15) is 0 Å². The van der Waals surface area contributed by atoms with Crippen LogP contribution in [-0.4, -0.2) is 63.0 Å². The molecule has 9 heteroatoms. The van der Waals surface area contributed by atoms with Gasteiger partial charge in [0.15, 0.2) is 0 Å². The molecule has 7 nitrogen and oxygen atoms in total. The highest BCUT2D eigenvalue weighted by Crippen LogP contribution is 1.91. The van der Waals surface area contributed by atoms with E-state index < -0.39 is 31.6 Å². The molecule has 0 atom stereocenters. The minimum Gasteiger partial charge on any atom is -0.480 e. The number of carboxylic acids is 1. The number of hydrogen-bond donors (Lipinski definition) is 3. The lowest BCUT2D eigenvalue weighted by Gasteiger charge is -2.07. The number of hydrogen-bond acceptors (Lipinski definition) is 4. The van der Waals surface area contributed by atoms with Crippen LogP contribution in [0.15, 0.2) is 0 Å². The van der Waals surface area contributed by atoms with Crippen LogP contribution in [0.5, 0.6) is 0 Å². The van der Waals surface area contributed by atoms with Crippen LogP contribution in [0.2, 0.25) is 0 Å². The van der Waals surface area contributed by atoms with Crippen molar-refractivity contribution in [3.8, 4) is 0 Å². The van der Waals surface area contributed by atoms with Gasteiger partial charge in [-0.2, -0.15) is 0 Å². The SMILES string of the molecule is O=C(O)COCCNC(=O)NCCOCC(F)F. The van der Waals surface area contributed by atoms with Gasteiger partial charge in [-0.05, 0) is 0 Å². The topological polar surface area (TPSA) is 96.9 Å². The van der Waals surface area contributed by atoms with Crippen LogP contribution in [-0.2, 0) is 14.3 Å². The molecule has 2 amide bonds. The van der Waals surface area contributed by atoms with Gasteiger partial charge in [0.25, 0.3) is 6.43 Å². The van der Waals surface area contributed by atoms with Gasteiger partial charge in [-0.15, -0.1) is 0 Å². The fraction of sp³-hybridized carbons (Fsp3) is 0.778. The third-order valence-corrected chi connectivity index (χ3v) is 1.53. The van der Waals surface area contributed by atoms with E-state index in [1.807, 2.05) is 0 Å². The molecular weight excluding hydrogens is 254 g/mol. The van der Waals surface area contributed by atoms with Crippen molar-refractivity contribution < 1.29 is 33.0 Å². The van der Waals surface area contributed by atoms with E-state index >= 15 is 0 Å². The summed E-state index contributed by atoms with van der Waals surface area (Å²) in [5.41, 5.74) is 0. The second-order valence-corrected chi connectivity index (χ2v) is 3.10. The third kappa shape index (κ3) is 12.6. The van der Waals surface area contributed by atoms with Gasteiger partial charge >= 0.3 is 12.0 Å². The van der Waals surface area contributed by atoms with Crippen molar-refractivity contribution in [3.05, 3.63) is 0 Å². The highest BCUT2D eigenvalue weighted by atomic mass is 19.3. The van der Waals surface area contributed by atoms with E-state index in [4.69, 9.17) is 5.11 Å². The van der Waals surface area contributed by atoms with E-state index in [1.165, 1.54) is 0 Å². The van der Waals surface area contributed by atoms with Gasteiger partial charge in [0.05, 0.1) is 13.2 Å². The van der Waals surface area contributed by atoms with E-state index in [0.717, 1.165) is 0 Å². The Morgan fingerprint density at radius 2 is 1.67 bits per heavy atom. The van der Waals surface area contributed by atoms with Crippen LogP contribution >= 0.6 is 0 Å². The summed E-state index contributed by atoms with van der Waals surface area (Å²) < 4.78 is 32.5. The molecule has 18 heavy (non-hydrogen) atoms. The molecule has 0 heterocycles. The zero-order chi connectivity index (χ0) is 13.8. The maximum Gasteiger partial charge on any atom is 0.329 e. The first kappa shape index (κ1) is 16.5. The highest BCUT2D eigenvalue weighted by molar-refractivity contribution is 5.73. The summed E-state index contributed by atoms with van der Waals surface area (Å²) in [4.78, 5) is 21.1. The van der Waals surface area contributed by atoms with Crippen molar-refractivity contribution in [1.82, 2.24) is 10.6 Å². The number of carbonyl (C=O) groups is 2. The number of ether oxygens (including phenoxy) is 2. The number of rotatable bonds is 10. The molecule has 3 N–H and O–H groups in total. The quantitative estimate of drug-likeness (QED) is 0.472. The summed E-state index contributed by atoms with van der Waals surface area (Å²) in [6.07, 6.45) is -2.52. The van der Waals surface area contributed by atoms with Crippen LogP contribution in [0.25, 0.3) is 0 Å². The standard InChI is InChI=1S/C9H16F2N2O5/c10-7(11)5-17-3-1-12-9(16)13-2-4-18-6-8(14)15/h7H,1-6H2,(H,14,15)(H2,12,13,16). The predicted molar refractivity (Wildman–Crippen MR) is 56.7 cm³/mol. The van der Waals surface area contributed by atoms with Crippen molar-refractivity contribution in [3.63, 3.8) is 0 Å². The Labute approximate surface area is 102 Å². The van der Waals surface area contributed by atoms with Gasteiger partial charge in [-0.25, -0.2) is 18.4 Å². The summed E-state index contributed by atoms with van der Waals surface area (Å²) in [7, 11) is 0. The van der Waals surface area contributed by atoms with Gasteiger partial charge in [0.1, 0.15) is 13.2 Å². The van der Waals surface area contributed by atoms with Crippen LogP contribution in [0.4, 0.5) is 13.6 Å². The number of urea groups is 1. The van der Waals surface area contributed by atoms with E-state index in [0.29, 0.717) is 0 Å². The molecule has 0 bridgehead atoms. The van der Waals surface area contributed by atoms with E-state index in [9.17, 15) is 18.4 Å². The molecule has 0 radical (unpaired) electrons. The van der Waals surface area contributed by atoms with Crippen LogP contribution in [0, 0.1) is 0 Å². The van der Waals surface area contributed by atoms with Crippen LogP contribution in [0.3, 0.4) is 0 Å². The molecule has 0 rings (SSSR count). The van der Waals surface area contributed by atoms with Crippen molar-refractivity contribution in [2.75, 3.05) is 39.5 Å². The van der Waals surface area contributed by atoms with Gasteiger partial charge in [0.2, 0.25) is 0 Å². The van der Waals surface area contributed by atoms with Crippen molar-refractivity contribution in [2.24, 2.45) is 0 Å². The molecule has 0 unspecified atom stereocenters. The Balaban J connectivity index is 3.25. The lowest BCUT2D eigenvalue weighted by atomic mass is 10.6. The van der Waals surface area contributed by atoms with E-state index in [1.54, 1.807) is 0 Å². The number of carboxylic acid groups (broad SMARTS) is 1. The summed E-state index contributed by atoms with van der Waals surface area (Å²) in [6.45, 7) is -0.766. The number of alkyl halides is 2. The van der Waals surface area contributed by atoms with Gasteiger partial charge in [-0.3, -0.25) is 0 Å². The minimum atomic E-state index is -2.52. The molecule has 106 valence electrons. The number of halogens is 2. The number of amides is 2. The molecule has 0 saturated heterocycles. The summed E-state index contributed by atoms with van der Waals surface area (Å²) in [6, 6.07) is -0.505. The molecule has 0 aliphatic heterocycles. The van der Waals surface area contributed by atoms with Gasteiger partial charge in [-0.1, -0.05) is 0 Å². The number of aliphatic carboxylic acids is 1. The first-order valence-corrected chi connectivity index (χ1v) is 5.19. The zero-order valence-electron chi connectivity index (χ0n) is 9.66. The van der Waals surface area contributed by atoms with Gasteiger partial charge in [0, 0.05) is 13.1 Å². The average Bonchev–Trinajstić information content (AvgIpc) is 2.27. The first-order chi connectivity index (χ1) is 8.52. The minimum absolute atomic E-state index is 0.00667. The lowest BCUT2D eigenvalue weighted by molar-refractivity contribution is -0.142. The fourth-order valence-electron chi connectivity index (χ4n) is 0.868. The smallest absolute Gasteiger partial charge is 0.329 e. The Morgan fingerprint density at radius 3 is 2.17 bits per heavy atom. The molecule has 0 fully saturated rings. The Morgan fingerprint density at radius 1 is 1.11 bits per heavy atom. The summed E-state index contributed by atoms with van der Waals surface area (Å²) >= 11 is 0. The monoisotopic (exact) mass is 270 g/mol. The molecule has 0 aromatic carbocycles. The number of nitrogens with one attached hydrogen (secondary N) is 2. The molecule has 0 saturated carbocycles. The lowest BCUT2D eigenvalue weighted by Crippen LogP contribution is -2.39. The average molecular weight is 270 g/mol. The normalized spacial score (nSPS) is 10.4. The molecular formula is C9H16F2N2O5. The van der Waals surface area contributed by atoms with Crippen molar-refractivity contribution in [1.29, 1.82) is 0 Å². The largest absolute Gasteiger partial charge is 0.480 e. The van der Waals surface area contributed by atoms with Crippen molar-refractivity contribution >= 4 is 12.0 Å². The number of carbonyl (C=O) groups excluding carboxylic acids is 1. The second-order valence-electron chi connectivity index (χ2n) is 3.10.